The molecule has 0 bridgehead atoms. The largest absolute Gasteiger partial charge is 0.357 e. The van der Waals surface area contributed by atoms with Crippen molar-refractivity contribution in [2.24, 2.45) is 0 Å². The van der Waals surface area contributed by atoms with E-state index in [9.17, 15) is 4.39 Å². The topological polar surface area (TPSA) is 49.8 Å². The molecule has 1 heterocycles. The van der Waals surface area contributed by atoms with E-state index in [1.165, 1.54) is 18.2 Å². The average Bonchev–Trinajstić information content (AvgIpc) is 2.50. The van der Waals surface area contributed by atoms with Crippen LogP contribution in [0.4, 0.5) is 21.8 Å². The fourth-order valence-corrected chi connectivity index (χ4v) is 2.18. The number of hydrogen-bond donors (Lipinski definition) is 2. The van der Waals surface area contributed by atoms with Crippen LogP contribution in [0.2, 0.25) is 5.02 Å². The van der Waals surface area contributed by atoms with Crippen LogP contribution in [-0.4, -0.2) is 17.0 Å². The van der Waals surface area contributed by atoms with E-state index in [1.54, 1.807) is 7.05 Å². The summed E-state index contributed by atoms with van der Waals surface area (Å²) in [4.78, 5) is 8.70. The normalized spacial score (nSPS) is 10.6. The van der Waals surface area contributed by atoms with E-state index >= 15 is 0 Å². The number of fused-ring (bicyclic) bond motifs is 1. The van der Waals surface area contributed by atoms with Crippen molar-refractivity contribution in [3.8, 4) is 0 Å². The number of rotatable bonds is 3. The summed E-state index contributed by atoms with van der Waals surface area (Å²) in [5.41, 5.74) is 1.04. The Morgan fingerprint density at radius 1 is 1.10 bits per heavy atom. The number of para-hydroxylation sites is 1. The van der Waals surface area contributed by atoms with E-state index in [-0.39, 0.29) is 5.69 Å². The van der Waals surface area contributed by atoms with Gasteiger partial charge in [-0.3, -0.25) is 0 Å². The van der Waals surface area contributed by atoms with Gasteiger partial charge in [-0.1, -0.05) is 23.7 Å². The maximum atomic E-state index is 13.9. The van der Waals surface area contributed by atoms with Crippen molar-refractivity contribution in [3.05, 3.63) is 53.3 Å². The number of aromatic nitrogens is 2. The number of halogens is 2. The van der Waals surface area contributed by atoms with Gasteiger partial charge in [-0.2, -0.15) is 4.98 Å². The maximum Gasteiger partial charge on any atom is 0.224 e. The smallest absolute Gasteiger partial charge is 0.224 e. The van der Waals surface area contributed by atoms with Gasteiger partial charge < -0.3 is 10.6 Å². The molecule has 0 aliphatic rings. The molecule has 0 aliphatic heterocycles. The van der Waals surface area contributed by atoms with Gasteiger partial charge in [0.05, 0.1) is 11.2 Å². The predicted molar refractivity (Wildman–Crippen MR) is 83.8 cm³/mol. The van der Waals surface area contributed by atoms with Gasteiger partial charge in [0.25, 0.3) is 0 Å². The van der Waals surface area contributed by atoms with Gasteiger partial charge in [0.1, 0.15) is 11.6 Å². The van der Waals surface area contributed by atoms with Crippen LogP contribution in [0.25, 0.3) is 10.9 Å². The molecular weight excluding hydrogens is 291 g/mol. The van der Waals surface area contributed by atoms with Crippen LogP contribution in [0, 0.1) is 5.82 Å². The van der Waals surface area contributed by atoms with Crippen molar-refractivity contribution in [2.75, 3.05) is 17.7 Å². The van der Waals surface area contributed by atoms with E-state index in [4.69, 9.17) is 11.6 Å². The number of nitrogens with zero attached hydrogens (tertiary/aromatic N) is 2. The second kappa shape index (κ2) is 5.54. The highest BCUT2D eigenvalue weighted by Gasteiger charge is 2.09. The molecule has 21 heavy (non-hydrogen) atoms. The molecule has 0 spiro atoms. The van der Waals surface area contributed by atoms with Crippen LogP contribution >= 0.6 is 11.6 Å². The molecule has 0 saturated heterocycles. The first-order valence-electron chi connectivity index (χ1n) is 6.34. The molecular formula is C15H12ClFN4. The molecule has 3 rings (SSSR count). The molecule has 0 unspecified atom stereocenters. The highest BCUT2D eigenvalue weighted by Crippen LogP contribution is 2.27. The molecule has 3 aromatic rings. The predicted octanol–water partition coefficient (Wildman–Crippen LogP) is 4.21. The van der Waals surface area contributed by atoms with Gasteiger partial charge in [-0.15, -0.1) is 0 Å². The quantitative estimate of drug-likeness (QED) is 0.761. The number of nitrogens with one attached hydrogen (secondary N) is 2. The molecule has 2 N–H and O–H groups in total. The number of benzene rings is 2. The Hall–Kier alpha value is -2.40. The van der Waals surface area contributed by atoms with Crippen molar-refractivity contribution in [1.29, 1.82) is 0 Å². The summed E-state index contributed by atoms with van der Waals surface area (Å²) < 4.78 is 13.9. The Balaban J connectivity index is 2.13. The standard InChI is InChI=1S/C15H12ClFN4/c1-18-15-20-12-5-3-2-4-10(12)14(21-15)19-13-8-9(16)6-7-11(13)17/h2-8H,1H3,(H2,18,19,20,21). The van der Waals surface area contributed by atoms with Crippen LogP contribution < -0.4 is 10.6 Å². The molecule has 6 heteroatoms. The van der Waals surface area contributed by atoms with E-state index in [2.05, 4.69) is 20.6 Å². The number of anilines is 3. The lowest BCUT2D eigenvalue weighted by molar-refractivity contribution is 0.632. The lowest BCUT2D eigenvalue weighted by Crippen LogP contribution is -2.02. The zero-order valence-electron chi connectivity index (χ0n) is 11.2. The van der Waals surface area contributed by atoms with Crippen molar-refractivity contribution in [3.63, 3.8) is 0 Å². The molecule has 0 saturated carbocycles. The summed E-state index contributed by atoms with van der Waals surface area (Å²) in [6, 6.07) is 11.8. The monoisotopic (exact) mass is 302 g/mol. The first kappa shape index (κ1) is 13.6. The van der Waals surface area contributed by atoms with Crippen molar-refractivity contribution in [2.45, 2.75) is 0 Å². The zero-order chi connectivity index (χ0) is 14.8. The molecule has 2 aromatic carbocycles. The maximum absolute atomic E-state index is 13.9. The molecule has 1 aromatic heterocycles. The summed E-state index contributed by atoms with van der Waals surface area (Å²) in [6.45, 7) is 0. The van der Waals surface area contributed by atoms with E-state index < -0.39 is 5.82 Å². The third-order valence-corrected chi connectivity index (χ3v) is 3.24. The van der Waals surface area contributed by atoms with Crippen LogP contribution in [0.3, 0.4) is 0 Å². The minimum absolute atomic E-state index is 0.272. The second-order valence-electron chi connectivity index (χ2n) is 4.41. The summed E-state index contributed by atoms with van der Waals surface area (Å²) >= 11 is 5.91. The SMILES string of the molecule is CNc1nc(Nc2cc(Cl)ccc2F)c2ccccc2n1. The van der Waals surface area contributed by atoms with Crippen LogP contribution in [0.5, 0.6) is 0 Å². The summed E-state index contributed by atoms with van der Waals surface area (Å²) in [5.74, 6) is 0.581. The third kappa shape index (κ3) is 2.73. The third-order valence-electron chi connectivity index (χ3n) is 3.01. The Kier molecular flexibility index (Phi) is 3.58. The van der Waals surface area contributed by atoms with E-state index in [1.807, 2.05) is 24.3 Å². The lowest BCUT2D eigenvalue weighted by Gasteiger charge is -2.11. The molecule has 0 amide bonds. The second-order valence-corrected chi connectivity index (χ2v) is 4.85. The van der Waals surface area contributed by atoms with Crippen molar-refractivity contribution >= 4 is 40.0 Å². The summed E-state index contributed by atoms with van der Waals surface area (Å²) in [6.07, 6.45) is 0. The highest BCUT2D eigenvalue weighted by atomic mass is 35.5. The average molecular weight is 303 g/mol. The van der Waals surface area contributed by atoms with Crippen LogP contribution in [0.15, 0.2) is 42.5 Å². The molecule has 0 radical (unpaired) electrons. The van der Waals surface area contributed by atoms with Gasteiger partial charge in [0.15, 0.2) is 0 Å². The first-order valence-corrected chi connectivity index (χ1v) is 6.72. The Morgan fingerprint density at radius 2 is 1.90 bits per heavy atom. The van der Waals surface area contributed by atoms with Crippen LogP contribution in [-0.2, 0) is 0 Å². The molecule has 0 fully saturated rings. The minimum atomic E-state index is -0.395. The van der Waals surface area contributed by atoms with Gasteiger partial charge in [-0.25, -0.2) is 9.37 Å². The van der Waals surface area contributed by atoms with Gasteiger partial charge in [-0.05, 0) is 30.3 Å². The van der Waals surface area contributed by atoms with Gasteiger partial charge in [0.2, 0.25) is 5.95 Å². The summed E-state index contributed by atoms with van der Waals surface area (Å²) in [7, 11) is 1.73. The molecule has 4 nitrogen and oxygen atoms in total. The van der Waals surface area contributed by atoms with Crippen molar-refractivity contribution < 1.29 is 4.39 Å². The molecule has 0 aliphatic carbocycles. The molecule has 0 atom stereocenters. The van der Waals surface area contributed by atoms with Gasteiger partial charge >= 0.3 is 0 Å². The van der Waals surface area contributed by atoms with Crippen molar-refractivity contribution in [1.82, 2.24) is 9.97 Å². The number of hydrogen-bond acceptors (Lipinski definition) is 4. The fourth-order valence-electron chi connectivity index (χ4n) is 2.00. The Morgan fingerprint density at radius 3 is 2.71 bits per heavy atom. The molecule has 106 valence electrons. The summed E-state index contributed by atoms with van der Waals surface area (Å²) in [5, 5.41) is 7.12. The first-order chi connectivity index (χ1) is 10.2. The van der Waals surface area contributed by atoms with Gasteiger partial charge in [0, 0.05) is 17.5 Å². The Labute approximate surface area is 126 Å². The fraction of sp³-hybridized carbons (Fsp3) is 0.0667. The minimum Gasteiger partial charge on any atom is -0.357 e. The lowest BCUT2D eigenvalue weighted by atomic mass is 10.2. The van der Waals surface area contributed by atoms with E-state index in [0.29, 0.717) is 16.8 Å². The highest BCUT2D eigenvalue weighted by molar-refractivity contribution is 6.30. The van der Waals surface area contributed by atoms with E-state index in [0.717, 1.165) is 10.9 Å². The Bertz CT molecular complexity index is 807. The van der Waals surface area contributed by atoms with Crippen LogP contribution in [0.1, 0.15) is 0 Å². The zero-order valence-corrected chi connectivity index (χ0v) is 11.9.